The van der Waals surface area contributed by atoms with Crippen LogP contribution in [0, 0.1) is 28.5 Å². The Hall–Kier alpha value is -2.08. The van der Waals surface area contributed by atoms with Gasteiger partial charge in [-0.25, -0.2) is 18.2 Å². The third-order valence-electron chi connectivity index (χ3n) is 1.66. The van der Waals surface area contributed by atoms with Gasteiger partial charge in [0.15, 0.2) is 5.82 Å². The minimum atomic E-state index is -3.08. The fourth-order valence-electron chi connectivity index (χ4n) is 1.01. The molecule has 0 aromatic carbocycles. The molecule has 0 aliphatic carbocycles. The molecule has 1 aromatic heterocycles. The van der Waals surface area contributed by atoms with Gasteiger partial charge in [-0.05, 0) is 6.07 Å². The van der Waals surface area contributed by atoms with Gasteiger partial charge in [-0.2, -0.15) is 10.5 Å². The fraction of sp³-hybridized carbons (Fsp3) is 0.222. The van der Waals surface area contributed by atoms with Crippen LogP contribution in [0.15, 0.2) is 6.07 Å². The van der Waals surface area contributed by atoms with E-state index in [0.29, 0.717) is 0 Å². The van der Waals surface area contributed by atoms with Gasteiger partial charge in [0, 0.05) is 5.56 Å². The van der Waals surface area contributed by atoms with Crippen LogP contribution in [0.5, 0.6) is 0 Å². The van der Waals surface area contributed by atoms with Crippen LogP contribution in [-0.4, -0.2) is 4.98 Å². The molecular formula is C9H4F3N3. The predicted molar refractivity (Wildman–Crippen MR) is 43.2 cm³/mol. The molecule has 1 rings (SSSR count). The maximum Gasteiger partial charge on any atom is 0.283 e. The topological polar surface area (TPSA) is 60.5 Å². The average molecular weight is 211 g/mol. The minimum Gasteiger partial charge on any atom is -0.233 e. The van der Waals surface area contributed by atoms with Crippen molar-refractivity contribution in [3.63, 3.8) is 0 Å². The molecule has 0 saturated heterocycles. The third-order valence-corrected chi connectivity index (χ3v) is 1.66. The molecule has 76 valence electrons. The van der Waals surface area contributed by atoms with Crippen molar-refractivity contribution in [1.82, 2.24) is 4.98 Å². The average Bonchev–Trinajstić information content (AvgIpc) is 2.18. The molecule has 0 bridgehead atoms. The Balaban J connectivity index is 3.32. The van der Waals surface area contributed by atoms with Gasteiger partial charge in [0.25, 0.3) is 6.43 Å². The van der Waals surface area contributed by atoms with E-state index < -0.39 is 17.9 Å². The van der Waals surface area contributed by atoms with Crippen LogP contribution >= 0.6 is 0 Å². The second-order valence-corrected chi connectivity index (χ2v) is 2.61. The standard InChI is InChI=1S/C9H4F3N3/c10-6-3-5(1-2-13)7(4-14)15-8(6)9(11)12/h3,9H,1H2. The smallest absolute Gasteiger partial charge is 0.233 e. The molecule has 0 unspecified atom stereocenters. The van der Waals surface area contributed by atoms with E-state index in [4.69, 9.17) is 10.5 Å². The summed E-state index contributed by atoms with van der Waals surface area (Å²) in [7, 11) is 0. The highest BCUT2D eigenvalue weighted by molar-refractivity contribution is 5.35. The molecule has 1 aromatic rings. The van der Waals surface area contributed by atoms with Crippen molar-refractivity contribution < 1.29 is 13.2 Å². The normalized spacial score (nSPS) is 9.73. The Labute approximate surface area is 83.4 Å². The minimum absolute atomic E-state index is 0.0156. The molecule has 0 fully saturated rings. The Morgan fingerprint density at radius 3 is 2.53 bits per heavy atom. The lowest BCUT2D eigenvalue weighted by Crippen LogP contribution is -2.02. The molecule has 1 heterocycles. The molecule has 0 amide bonds. The summed E-state index contributed by atoms with van der Waals surface area (Å²) in [5.74, 6) is -1.20. The monoisotopic (exact) mass is 211 g/mol. The number of rotatable bonds is 2. The highest BCUT2D eigenvalue weighted by atomic mass is 19.3. The summed E-state index contributed by atoms with van der Waals surface area (Å²) < 4.78 is 37.3. The summed E-state index contributed by atoms with van der Waals surface area (Å²) in [5, 5.41) is 16.9. The van der Waals surface area contributed by atoms with Crippen molar-refractivity contribution in [1.29, 1.82) is 10.5 Å². The number of hydrogen-bond acceptors (Lipinski definition) is 3. The van der Waals surface area contributed by atoms with E-state index in [1.54, 1.807) is 12.1 Å². The van der Waals surface area contributed by atoms with Crippen molar-refractivity contribution in [2.24, 2.45) is 0 Å². The second kappa shape index (κ2) is 4.43. The second-order valence-electron chi connectivity index (χ2n) is 2.61. The predicted octanol–water partition coefficient (Wildman–Crippen LogP) is 2.10. The van der Waals surface area contributed by atoms with E-state index in [9.17, 15) is 13.2 Å². The first-order valence-electron chi connectivity index (χ1n) is 3.84. The molecule has 3 nitrogen and oxygen atoms in total. The Bertz CT molecular complexity index is 457. The molecule has 15 heavy (non-hydrogen) atoms. The first kappa shape index (κ1) is 11.0. The van der Waals surface area contributed by atoms with Crippen LogP contribution in [0.4, 0.5) is 13.2 Å². The number of hydrogen-bond donors (Lipinski definition) is 0. The van der Waals surface area contributed by atoms with Crippen molar-refractivity contribution in [2.45, 2.75) is 12.8 Å². The summed E-state index contributed by atoms with van der Waals surface area (Å²) in [6, 6.07) is 3.98. The van der Waals surface area contributed by atoms with Crippen molar-refractivity contribution in [3.8, 4) is 12.1 Å². The number of aromatic nitrogens is 1. The summed E-state index contributed by atoms with van der Waals surface area (Å²) in [6.07, 6.45) is -3.32. The van der Waals surface area contributed by atoms with Crippen LogP contribution in [0.1, 0.15) is 23.4 Å². The molecule has 0 N–H and O–H groups in total. The van der Waals surface area contributed by atoms with E-state index in [-0.39, 0.29) is 17.7 Å². The van der Waals surface area contributed by atoms with Crippen molar-refractivity contribution >= 4 is 0 Å². The highest BCUT2D eigenvalue weighted by Gasteiger charge is 2.18. The molecule has 6 heteroatoms. The van der Waals surface area contributed by atoms with Gasteiger partial charge in [0.05, 0.1) is 12.5 Å². The van der Waals surface area contributed by atoms with Gasteiger partial charge in [-0.15, -0.1) is 0 Å². The number of alkyl halides is 2. The number of nitriles is 2. The van der Waals surface area contributed by atoms with Gasteiger partial charge >= 0.3 is 0 Å². The SMILES string of the molecule is N#CCc1cc(F)c(C(F)F)nc1C#N. The van der Waals surface area contributed by atoms with Crippen LogP contribution in [0.2, 0.25) is 0 Å². The Morgan fingerprint density at radius 1 is 1.40 bits per heavy atom. The first-order chi connectivity index (χ1) is 7.10. The quantitative estimate of drug-likeness (QED) is 0.752. The lowest BCUT2D eigenvalue weighted by molar-refractivity contribution is 0.140. The van der Waals surface area contributed by atoms with Gasteiger partial charge < -0.3 is 0 Å². The lowest BCUT2D eigenvalue weighted by atomic mass is 10.1. The molecule has 0 aliphatic heterocycles. The summed E-state index contributed by atoms with van der Waals surface area (Å²) in [5.41, 5.74) is -1.39. The van der Waals surface area contributed by atoms with E-state index in [2.05, 4.69) is 4.98 Å². The fourth-order valence-corrected chi connectivity index (χ4v) is 1.01. The third kappa shape index (κ3) is 2.23. The van der Waals surface area contributed by atoms with Gasteiger partial charge in [0.1, 0.15) is 17.5 Å². The number of pyridine rings is 1. The molecule has 0 spiro atoms. The summed E-state index contributed by atoms with van der Waals surface area (Å²) in [4.78, 5) is 3.17. The van der Waals surface area contributed by atoms with Crippen LogP contribution < -0.4 is 0 Å². The maximum atomic E-state index is 13.0. The van der Waals surface area contributed by atoms with Crippen LogP contribution in [-0.2, 0) is 6.42 Å². The molecular weight excluding hydrogens is 207 g/mol. The number of halogens is 3. The Kier molecular flexibility index (Phi) is 3.25. The van der Waals surface area contributed by atoms with Crippen LogP contribution in [0.25, 0.3) is 0 Å². The van der Waals surface area contributed by atoms with Gasteiger partial charge in [-0.1, -0.05) is 0 Å². The highest BCUT2D eigenvalue weighted by Crippen LogP contribution is 2.22. The summed E-state index contributed by atoms with van der Waals surface area (Å²) in [6.45, 7) is 0. The van der Waals surface area contributed by atoms with Crippen molar-refractivity contribution in [3.05, 3.63) is 28.8 Å². The lowest BCUT2D eigenvalue weighted by Gasteiger charge is -2.04. The zero-order valence-electron chi connectivity index (χ0n) is 7.34. The van der Waals surface area contributed by atoms with E-state index >= 15 is 0 Å². The molecule has 0 atom stereocenters. The Morgan fingerprint density at radius 2 is 2.07 bits per heavy atom. The molecule has 0 saturated carbocycles. The first-order valence-corrected chi connectivity index (χ1v) is 3.84. The van der Waals surface area contributed by atoms with Crippen LogP contribution in [0.3, 0.4) is 0 Å². The zero-order valence-corrected chi connectivity index (χ0v) is 7.34. The van der Waals surface area contributed by atoms with Gasteiger partial charge in [0.2, 0.25) is 0 Å². The maximum absolute atomic E-state index is 13.0. The largest absolute Gasteiger partial charge is 0.283 e. The van der Waals surface area contributed by atoms with E-state index in [0.717, 1.165) is 6.07 Å². The zero-order chi connectivity index (χ0) is 11.4. The van der Waals surface area contributed by atoms with Crippen molar-refractivity contribution in [2.75, 3.05) is 0 Å². The van der Waals surface area contributed by atoms with Gasteiger partial charge in [-0.3, -0.25) is 0 Å². The van der Waals surface area contributed by atoms with E-state index in [1.807, 2.05) is 0 Å². The molecule has 0 aliphatic rings. The van der Waals surface area contributed by atoms with E-state index in [1.165, 1.54) is 0 Å². The summed E-state index contributed by atoms with van der Waals surface area (Å²) >= 11 is 0. The molecule has 0 radical (unpaired) electrons. The number of nitrogens with zero attached hydrogens (tertiary/aromatic N) is 3.